The molecule has 0 fully saturated rings. The molecule has 0 unspecified atom stereocenters. The zero-order valence-corrected chi connectivity index (χ0v) is 11.2. The molecule has 0 aliphatic heterocycles. The Labute approximate surface area is 114 Å². The quantitative estimate of drug-likeness (QED) is 0.721. The average molecular weight is 281 g/mol. The standard InChI is InChI=1S/C12H10Cl2N4/c1-2-3-11-16-17-12-6-15-9-4-7(13)8(14)5-10(9)18(11)12/h4-6H,2-3H2,1H3. The number of rotatable bonds is 2. The van der Waals surface area contributed by atoms with E-state index in [2.05, 4.69) is 22.1 Å². The van der Waals surface area contributed by atoms with Gasteiger partial charge in [0.05, 0.1) is 27.3 Å². The average Bonchev–Trinajstić information content (AvgIpc) is 2.75. The first-order valence-corrected chi connectivity index (χ1v) is 6.44. The molecule has 0 bridgehead atoms. The minimum atomic E-state index is 0.501. The fourth-order valence-corrected chi connectivity index (χ4v) is 2.31. The van der Waals surface area contributed by atoms with Gasteiger partial charge in [0.2, 0.25) is 0 Å². The fourth-order valence-electron chi connectivity index (χ4n) is 2.00. The second-order valence-electron chi connectivity index (χ2n) is 4.07. The molecule has 0 saturated carbocycles. The van der Waals surface area contributed by atoms with Crippen molar-refractivity contribution in [3.63, 3.8) is 0 Å². The molecule has 0 N–H and O–H groups in total. The summed E-state index contributed by atoms with van der Waals surface area (Å²) in [6, 6.07) is 3.57. The molecule has 3 rings (SSSR count). The molecule has 6 heteroatoms. The van der Waals surface area contributed by atoms with Crippen LogP contribution in [-0.2, 0) is 6.42 Å². The molecule has 92 valence electrons. The maximum absolute atomic E-state index is 6.07. The van der Waals surface area contributed by atoms with Crippen LogP contribution >= 0.6 is 23.2 Å². The normalized spacial score (nSPS) is 11.5. The molecule has 1 aromatic carbocycles. The van der Waals surface area contributed by atoms with Crippen molar-refractivity contribution in [3.05, 3.63) is 34.2 Å². The lowest BCUT2D eigenvalue weighted by Crippen LogP contribution is -1.97. The van der Waals surface area contributed by atoms with Gasteiger partial charge in [0.1, 0.15) is 5.82 Å². The minimum Gasteiger partial charge on any atom is -0.276 e. The number of aromatic nitrogens is 4. The third-order valence-electron chi connectivity index (χ3n) is 2.81. The predicted molar refractivity (Wildman–Crippen MR) is 72.3 cm³/mol. The van der Waals surface area contributed by atoms with Crippen molar-refractivity contribution in [1.29, 1.82) is 0 Å². The SMILES string of the molecule is CCCc1nnc2cnc3cc(Cl)c(Cl)cc3n12. The minimum absolute atomic E-state index is 0.501. The van der Waals surface area contributed by atoms with Gasteiger partial charge in [-0.25, -0.2) is 0 Å². The molecule has 18 heavy (non-hydrogen) atoms. The highest BCUT2D eigenvalue weighted by Gasteiger charge is 2.11. The van der Waals surface area contributed by atoms with Gasteiger partial charge in [0.25, 0.3) is 0 Å². The lowest BCUT2D eigenvalue weighted by atomic mass is 10.2. The van der Waals surface area contributed by atoms with Crippen LogP contribution in [0.1, 0.15) is 19.2 Å². The summed E-state index contributed by atoms with van der Waals surface area (Å²) in [5, 5.41) is 9.31. The third-order valence-corrected chi connectivity index (χ3v) is 3.53. The summed E-state index contributed by atoms with van der Waals surface area (Å²) in [6.07, 6.45) is 3.56. The van der Waals surface area contributed by atoms with Crippen LogP contribution in [-0.4, -0.2) is 19.6 Å². The Kier molecular flexibility index (Phi) is 2.84. The third kappa shape index (κ3) is 1.72. The summed E-state index contributed by atoms with van der Waals surface area (Å²) >= 11 is 12.1. The van der Waals surface area contributed by atoms with E-state index in [4.69, 9.17) is 23.2 Å². The van der Waals surface area contributed by atoms with Crippen LogP contribution < -0.4 is 0 Å². The van der Waals surface area contributed by atoms with Gasteiger partial charge in [0.15, 0.2) is 5.65 Å². The highest BCUT2D eigenvalue weighted by atomic mass is 35.5. The Balaban J connectivity index is 2.42. The summed E-state index contributed by atoms with van der Waals surface area (Å²) in [6.45, 7) is 2.11. The molecule has 0 amide bonds. The Bertz CT molecular complexity index is 736. The number of nitrogens with zero attached hydrogens (tertiary/aromatic N) is 4. The highest BCUT2D eigenvalue weighted by Crippen LogP contribution is 2.27. The van der Waals surface area contributed by atoms with E-state index in [0.717, 1.165) is 35.3 Å². The van der Waals surface area contributed by atoms with E-state index in [9.17, 15) is 0 Å². The van der Waals surface area contributed by atoms with E-state index in [0.29, 0.717) is 10.0 Å². The van der Waals surface area contributed by atoms with Crippen LogP contribution in [0.25, 0.3) is 16.7 Å². The van der Waals surface area contributed by atoms with E-state index in [1.165, 1.54) is 0 Å². The smallest absolute Gasteiger partial charge is 0.179 e. The number of benzene rings is 1. The molecule has 0 spiro atoms. The predicted octanol–water partition coefficient (Wildman–Crippen LogP) is 3.54. The molecule has 3 aromatic rings. The maximum Gasteiger partial charge on any atom is 0.179 e. The molecule has 0 radical (unpaired) electrons. The van der Waals surface area contributed by atoms with Crippen molar-refractivity contribution in [2.45, 2.75) is 19.8 Å². The van der Waals surface area contributed by atoms with Crippen LogP contribution in [0.4, 0.5) is 0 Å². The summed E-state index contributed by atoms with van der Waals surface area (Å²) in [5.74, 6) is 0.915. The van der Waals surface area contributed by atoms with Crippen molar-refractivity contribution >= 4 is 39.9 Å². The molecular weight excluding hydrogens is 271 g/mol. The molecule has 0 aliphatic carbocycles. The van der Waals surface area contributed by atoms with Crippen molar-refractivity contribution in [1.82, 2.24) is 19.6 Å². The number of aryl methyl sites for hydroxylation is 1. The molecule has 0 atom stereocenters. The van der Waals surface area contributed by atoms with Gasteiger partial charge in [-0.15, -0.1) is 10.2 Å². The monoisotopic (exact) mass is 280 g/mol. The second kappa shape index (κ2) is 4.37. The molecule has 0 saturated heterocycles. The summed E-state index contributed by atoms with van der Waals surface area (Å²) in [5.41, 5.74) is 2.40. The molecule has 0 aliphatic rings. The molecule has 2 aromatic heterocycles. The van der Waals surface area contributed by atoms with Crippen LogP contribution in [0, 0.1) is 0 Å². The van der Waals surface area contributed by atoms with Crippen LogP contribution in [0.2, 0.25) is 10.0 Å². The molecule has 2 heterocycles. The zero-order valence-electron chi connectivity index (χ0n) is 9.69. The Hall–Kier alpha value is -1.39. The lowest BCUT2D eigenvalue weighted by molar-refractivity contribution is 0.825. The van der Waals surface area contributed by atoms with Gasteiger partial charge in [-0.05, 0) is 18.6 Å². The topological polar surface area (TPSA) is 43.1 Å². The van der Waals surface area contributed by atoms with Gasteiger partial charge in [-0.1, -0.05) is 30.1 Å². The largest absolute Gasteiger partial charge is 0.276 e. The Morgan fingerprint density at radius 3 is 2.72 bits per heavy atom. The van der Waals surface area contributed by atoms with Gasteiger partial charge in [-0.2, -0.15) is 0 Å². The summed E-state index contributed by atoms with van der Waals surface area (Å²) in [7, 11) is 0. The number of hydrogen-bond donors (Lipinski definition) is 0. The van der Waals surface area contributed by atoms with Gasteiger partial charge in [0, 0.05) is 6.42 Å². The maximum atomic E-state index is 6.07. The Morgan fingerprint density at radius 1 is 1.17 bits per heavy atom. The highest BCUT2D eigenvalue weighted by molar-refractivity contribution is 6.42. The van der Waals surface area contributed by atoms with E-state index in [1.54, 1.807) is 12.3 Å². The molecular formula is C12H10Cl2N4. The van der Waals surface area contributed by atoms with E-state index >= 15 is 0 Å². The van der Waals surface area contributed by atoms with E-state index < -0.39 is 0 Å². The number of fused-ring (bicyclic) bond motifs is 3. The van der Waals surface area contributed by atoms with Gasteiger partial charge >= 0.3 is 0 Å². The fraction of sp³-hybridized carbons (Fsp3) is 0.250. The number of halogens is 2. The summed E-state index contributed by atoms with van der Waals surface area (Å²) < 4.78 is 1.98. The molecule has 4 nitrogen and oxygen atoms in total. The first-order valence-electron chi connectivity index (χ1n) is 5.68. The van der Waals surface area contributed by atoms with Crippen LogP contribution in [0.5, 0.6) is 0 Å². The van der Waals surface area contributed by atoms with Gasteiger partial charge < -0.3 is 0 Å². The van der Waals surface area contributed by atoms with Crippen molar-refractivity contribution < 1.29 is 0 Å². The Morgan fingerprint density at radius 2 is 1.94 bits per heavy atom. The summed E-state index contributed by atoms with van der Waals surface area (Å²) in [4.78, 5) is 4.32. The van der Waals surface area contributed by atoms with Crippen molar-refractivity contribution in [2.24, 2.45) is 0 Å². The second-order valence-corrected chi connectivity index (χ2v) is 4.89. The lowest BCUT2D eigenvalue weighted by Gasteiger charge is -2.05. The first-order chi connectivity index (χ1) is 8.70. The van der Waals surface area contributed by atoms with Gasteiger partial charge in [-0.3, -0.25) is 9.38 Å². The van der Waals surface area contributed by atoms with Crippen molar-refractivity contribution in [3.8, 4) is 0 Å². The zero-order chi connectivity index (χ0) is 12.7. The van der Waals surface area contributed by atoms with Crippen molar-refractivity contribution in [2.75, 3.05) is 0 Å². The van der Waals surface area contributed by atoms with E-state index in [1.807, 2.05) is 10.5 Å². The number of hydrogen-bond acceptors (Lipinski definition) is 3. The van der Waals surface area contributed by atoms with Crippen LogP contribution in [0.3, 0.4) is 0 Å². The first kappa shape index (κ1) is 11.7. The van der Waals surface area contributed by atoms with E-state index in [-0.39, 0.29) is 0 Å². The van der Waals surface area contributed by atoms with Crippen LogP contribution in [0.15, 0.2) is 18.3 Å².